The van der Waals surface area contributed by atoms with Crippen molar-refractivity contribution in [3.8, 4) is 0 Å². The number of thioether (sulfide) groups is 1. The highest BCUT2D eigenvalue weighted by Crippen LogP contribution is 2.38. The van der Waals surface area contributed by atoms with Crippen LogP contribution in [0.25, 0.3) is 10.2 Å². The van der Waals surface area contributed by atoms with Crippen molar-refractivity contribution in [1.82, 2.24) is 25.1 Å². The summed E-state index contributed by atoms with van der Waals surface area (Å²) in [5.74, 6) is 3.91. The van der Waals surface area contributed by atoms with Gasteiger partial charge in [0.05, 0.1) is 11.1 Å². The predicted octanol–water partition coefficient (Wildman–Crippen LogP) is 4.69. The third kappa shape index (κ3) is 3.76. The Morgan fingerprint density at radius 2 is 1.93 bits per heavy atom. The molecule has 2 aliphatic carbocycles. The third-order valence-electron chi connectivity index (χ3n) is 5.99. The number of hydrogen-bond donors (Lipinski definition) is 2. The monoisotopic (exact) mass is 414 g/mol. The van der Waals surface area contributed by atoms with Gasteiger partial charge in [0.15, 0.2) is 0 Å². The molecule has 0 aromatic carbocycles. The molecule has 0 atom stereocenters. The summed E-state index contributed by atoms with van der Waals surface area (Å²) in [6.07, 6.45) is 12.5. The highest BCUT2D eigenvalue weighted by atomic mass is 32.2. The maximum Gasteiger partial charge on any atom is 0.208 e. The maximum absolute atomic E-state index is 6.31. The van der Waals surface area contributed by atoms with Crippen molar-refractivity contribution < 1.29 is 0 Å². The van der Waals surface area contributed by atoms with E-state index in [0.29, 0.717) is 11.6 Å². The first kappa shape index (κ1) is 18.4. The number of nitrogens with zero attached hydrogens (tertiary/aromatic N) is 4. The van der Waals surface area contributed by atoms with Crippen molar-refractivity contribution >= 4 is 39.1 Å². The molecule has 3 aromatic heterocycles. The molecule has 5 rings (SSSR count). The molecule has 0 amide bonds. The Morgan fingerprint density at radius 1 is 1.07 bits per heavy atom. The van der Waals surface area contributed by atoms with Crippen LogP contribution >= 0.6 is 23.1 Å². The molecule has 3 aromatic rings. The minimum atomic E-state index is 0.632. The van der Waals surface area contributed by atoms with Gasteiger partial charge in [0, 0.05) is 11.3 Å². The van der Waals surface area contributed by atoms with Crippen LogP contribution in [0.4, 0.5) is 5.82 Å². The Hall–Kier alpha value is -1.67. The zero-order valence-corrected chi connectivity index (χ0v) is 17.7. The van der Waals surface area contributed by atoms with E-state index in [1.807, 2.05) is 0 Å². The molecule has 6 nitrogen and oxygen atoms in total. The number of nitrogens with one attached hydrogen (secondary N) is 1. The fourth-order valence-electron chi connectivity index (χ4n) is 4.52. The molecule has 1 saturated carbocycles. The van der Waals surface area contributed by atoms with Crippen LogP contribution in [0.15, 0.2) is 5.16 Å². The summed E-state index contributed by atoms with van der Waals surface area (Å²) in [6, 6.07) is 0. The number of rotatable bonds is 6. The van der Waals surface area contributed by atoms with Crippen LogP contribution in [0.2, 0.25) is 0 Å². The summed E-state index contributed by atoms with van der Waals surface area (Å²) in [4.78, 5) is 16.5. The van der Waals surface area contributed by atoms with E-state index in [1.165, 1.54) is 55.4 Å². The topological polar surface area (TPSA) is 93.4 Å². The van der Waals surface area contributed by atoms with E-state index >= 15 is 0 Å². The fraction of sp³-hybridized carbons (Fsp3) is 0.600. The average molecular weight is 415 g/mol. The maximum atomic E-state index is 6.31. The molecule has 148 valence electrons. The van der Waals surface area contributed by atoms with E-state index in [-0.39, 0.29) is 0 Å². The van der Waals surface area contributed by atoms with Gasteiger partial charge >= 0.3 is 0 Å². The van der Waals surface area contributed by atoms with Crippen molar-refractivity contribution in [2.45, 2.75) is 75.1 Å². The van der Waals surface area contributed by atoms with Gasteiger partial charge in [-0.05, 0) is 43.6 Å². The standard InChI is InChI=1S/C20H26N6S2/c21-18-17-13-7-3-4-8-14(13)28-19(17)23-16(22-18)11-27-20-24-15(25-26-20)10-9-12-5-1-2-6-12/h12H,1-11H2,(H2,21,22,23)(H,24,25,26). The van der Waals surface area contributed by atoms with Crippen LogP contribution in [0.1, 0.15) is 67.0 Å². The molecular weight excluding hydrogens is 388 g/mol. The van der Waals surface area contributed by atoms with E-state index in [1.54, 1.807) is 23.1 Å². The first-order valence-electron chi connectivity index (χ1n) is 10.4. The van der Waals surface area contributed by atoms with Crippen molar-refractivity contribution in [2.24, 2.45) is 5.92 Å². The number of aryl methyl sites for hydroxylation is 3. The lowest BCUT2D eigenvalue weighted by Crippen LogP contribution is -2.02. The van der Waals surface area contributed by atoms with Crippen molar-refractivity contribution in [1.29, 1.82) is 0 Å². The second kappa shape index (κ2) is 7.99. The van der Waals surface area contributed by atoms with Gasteiger partial charge in [-0.1, -0.05) is 37.4 Å². The van der Waals surface area contributed by atoms with E-state index in [9.17, 15) is 0 Å². The lowest BCUT2D eigenvalue weighted by Gasteiger charge is -2.10. The lowest BCUT2D eigenvalue weighted by atomic mass is 9.97. The number of anilines is 1. The van der Waals surface area contributed by atoms with Gasteiger partial charge < -0.3 is 5.73 Å². The summed E-state index contributed by atoms with van der Waals surface area (Å²) in [5, 5.41) is 9.32. The largest absolute Gasteiger partial charge is 0.383 e. The smallest absolute Gasteiger partial charge is 0.208 e. The number of fused-ring (bicyclic) bond motifs is 3. The van der Waals surface area contributed by atoms with E-state index in [2.05, 4.69) is 20.2 Å². The molecule has 1 fully saturated rings. The Morgan fingerprint density at radius 3 is 2.82 bits per heavy atom. The van der Waals surface area contributed by atoms with Gasteiger partial charge in [-0.25, -0.2) is 15.0 Å². The van der Waals surface area contributed by atoms with Crippen LogP contribution in [-0.2, 0) is 25.0 Å². The number of aromatic amines is 1. The van der Waals surface area contributed by atoms with Gasteiger partial charge in [-0.15, -0.1) is 16.4 Å². The summed E-state index contributed by atoms with van der Waals surface area (Å²) in [7, 11) is 0. The Bertz CT molecular complexity index is 973. The van der Waals surface area contributed by atoms with Gasteiger partial charge in [0.1, 0.15) is 22.3 Å². The number of hydrogen-bond acceptors (Lipinski definition) is 7. The van der Waals surface area contributed by atoms with Gasteiger partial charge in [-0.2, -0.15) is 0 Å². The molecule has 0 unspecified atom stereocenters. The molecular formula is C20H26N6S2. The first-order valence-corrected chi connectivity index (χ1v) is 12.2. The first-order chi connectivity index (χ1) is 13.8. The van der Waals surface area contributed by atoms with Gasteiger partial charge in [0.25, 0.3) is 0 Å². The number of nitrogens with two attached hydrogens (primary N) is 1. The number of H-pyrrole nitrogens is 1. The number of thiophene rings is 1. The summed E-state index contributed by atoms with van der Waals surface area (Å²) in [5.41, 5.74) is 7.70. The molecule has 8 heteroatoms. The second-order valence-electron chi connectivity index (χ2n) is 7.96. The molecule has 0 saturated heterocycles. The molecule has 3 heterocycles. The predicted molar refractivity (Wildman–Crippen MR) is 115 cm³/mol. The highest BCUT2D eigenvalue weighted by Gasteiger charge is 2.20. The van der Waals surface area contributed by atoms with Crippen molar-refractivity contribution in [2.75, 3.05) is 5.73 Å². The van der Waals surface area contributed by atoms with Crippen LogP contribution in [0, 0.1) is 5.92 Å². The highest BCUT2D eigenvalue weighted by molar-refractivity contribution is 7.98. The van der Waals surface area contributed by atoms with Crippen LogP contribution in [0.5, 0.6) is 0 Å². The zero-order chi connectivity index (χ0) is 18.9. The Balaban J connectivity index is 1.24. The third-order valence-corrected chi connectivity index (χ3v) is 8.02. The normalized spacial score (nSPS) is 17.4. The number of nitrogen functional groups attached to an aromatic ring is 1. The minimum Gasteiger partial charge on any atom is -0.383 e. The SMILES string of the molecule is Nc1nc(CSc2n[nH]c(CCC3CCCC3)n2)nc2sc3c(c12)CCCC3. The molecule has 0 aliphatic heterocycles. The average Bonchev–Trinajstić information content (AvgIpc) is 3.43. The lowest BCUT2D eigenvalue weighted by molar-refractivity contribution is 0.497. The molecule has 3 N–H and O–H groups in total. The molecule has 2 aliphatic rings. The quantitative estimate of drug-likeness (QED) is 0.569. The molecule has 28 heavy (non-hydrogen) atoms. The summed E-state index contributed by atoms with van der Waals surface area (Å²) >= 11 is 3.37. The second-order valence-corrected chi connectivity index (χ2v) is 9.98. The summed E-state index contributed by atoms with van der Waals surface area (Å²) < 4.78 is 0. The minimum absolute atomic E-state index is 0.632. The van der Waals surface area contributed by atoms with E-state index < -0.39 is 0 Å². The van der Waals surface area contributed by atoms with Gasteiger partial charge in [0.2, 0.25) is 5.16 Å². The molecule has 0 bridgehead atoms. The van der Waals surface area contributed by atoms with E-state index in [4.69, 9.17) is 10.7 Å². The number of aromatic nitrogens is 5. The van der Waals surface area contributed by atoms with Crippen LogP contribution in [0.3, 0.4) is 0 Å². The Labute approximate surface area is 173 Å². The molecule has 0 spiro atoms. The fourth-order valence-corrected chi connectivity index (χ4v) is 6.48. The van der Waals surface area contributed by atoms with Crippen LogP contribution < -0.4 is 5.73 Å². The van der Waals surface area contributed by atoms with E-state index in [0.717, 1.165) is 52.2 Å². The summed E-state index contributed by atoms with van der Waals surface area (Å²) in [6.45, 7) is 0. The zero-order valence-electron chi connectivity index (χ0n) is 16.0. The van der Waals surface area contributed by atoms with Crippen LogP contribution in [-0.4, -0.2) is 25.1 Å². The van der Waals surface area contributed by atoms with Gasteiger partial charge in [-0.3, -0.25) is 5.10 Å². The van der Waals surface area contributed by atoms with Crippen molar-refractivity contribution in [3.05, 3.63) is 22.1 Å². The Kier molecular flexibility index (Phi) is 5.24. The van der Waals surface area contributed by atoms with Crippen molar-refractivity contribution in [3.63, 3.8) is 0 Å². The molecule has 0 radical (unpaired) electrons.